The lowest BCUT2D eigenvalue weighted by molar-refractivity contribution is 0.0761. The molecular weight excluding hydrogens is 258 g/mol. The van der Waals surface area contributed by atoms with Crippen molar-refractivity contribution < 1.29 is 9.21 Å². The van der Waals surface area contributed by atoms with E-state index in [1.165, 1.54) is 0 Å². The molecule has 0 saturated heterocycles. The van der Waals surface area contributed by atoms with Gasteiger partial charge in [0, 0.05) is 18.4 Å². The average molecular weight is 274 g/mol. The number of carbonyl (C=O) groups excluding carboxylic acids is 1. The molecule has 4 heteroatoms. The van der Waals surface area contributed by atoms with E-state index >= 15 is 0 Å². The first-order chi connectivity index (χ1) is 7.00. The lowest BCUT2D eigenvalue weighted by atomic mass is 10.3. The van der Waals surface area contributed by atoms with Gasteiger partial charge in [-0.05, 0) is 25.5 Å². The van der Waals surface area contributed by atoms with Crippen LogP contribution in [0.25, 0.3) is 0 Å². The van der Waals surface area contributed by atoms with E-state index in [9.17, 15) is 4.79 Å². The van der Waals surface area contributed by atoms with E-state index in [-0.39, 0.29) is 5.91 Å². The standard InChI is InChI=1S/C11H16BrNO2/c1-8(12)6-7-13(3)11(14)10-5-4-9(2)15-10/h4-5,8H,6-7H2,1-3H3. The highest BCUT2D eigenvalue weighted by molar-refractivity contribution is 9.09. The third-order valence-electron chi connectivity index (χ3n) is 2.16. The minimum absolute atomic E-state index is 0.0590. The lowest BCUT2D eigenvalue weighted by Crippen LogP contribution is -2.28. The lowest BCUT2D eigenvalue weighted by Gasteiger charge is -2.16. The molecule has 15 heavy (non-hydrogen) atoms. The maximum atomic E-state index is 11.8. The second-order valence-electron chi connectivity index (χ2n) is 3.71. The van der Waals surface area contributed by atoms with Gasteiger partial charge in [0.2, 0.25) is 0 Å². The normalized spacial score (nSPS) is 12.5. The summed E-state index contributed by atoms with van der Waals surface area (Å²) in [4.78, 5) is 13.9. The number of aryl methyl sites for hydroxylation is 1. The van der Waals surface area contributed by atoms with Crippen LogP contribution in [-0.2, 0) is 0 Å². The third kappa shape index (κ3) is 3.70. The molecule has 1 atom stereocenters. The Bertz CT molecular complexity index is 333. The summed E-state index contributed by atoms with van der Waals surface area (Å²) in [5.74, 6) is 1.12. The molecule has 1 rings (SSSR count). The quantitative estimate of drug-likeness (QED) is 0.791. The predicted octanol–water partition coefficient (Wildman–Crippen LogP) is 2.83. The maximum absolute atomic E-state index is 11.8. The number of halogens is 1. The van der Waals surface area contributed by atoms with Crippen LogP contribution in [0.1, 0.15) is 29.7 Å². The van der Waals surface area contributed by atoms with Crippen LogP contribution in [0.15, 0.2) is 16.5 Å². The second kappa shape index (κ2) is 5.35. The fraction of sp³-hybridized carbons (Fsp3) is 0.545. The van der Waals surface area contributed by atoms with Crippen LogP contribution >= 0.6 is 15.9 Å². The maximum Gasteiger partial charge on any atom is 0.289 e. The Kier molecular flexibility index (Phi) is 4.39. The first-order valence-electron chi connectivity index (χ1n) is 4.96. The molecule has 0 aromatic carbocycles. The van der Waals surface area contributed by atoms with E-state index in [0.29, 0.717) is 10.6 Å². The topological polar surface area (TPSA) is 33.5 Å². The number of rotatable bonds is 4. The molecule has 0 fully saturated rings. The predicted molar refractivity (Wildman–Crippen MR) is 63.4 cm³/mol. The van der Waals surface area contributed by atoms with Gasteiger partial charge in [0.15, 0.2) is 5.76 Å². The molecule has 1 heterocycles. The molecular formula is C11H16BrNO2. The molecule has 1 aromatic heterocycles. The van der Waals surface area contributed by atoms with Gasteiger partial charge in [0.25, 0.3) is 5.91 Å². The van der Waals surface area contributed by atoms with E-state index in [1.807, 2.05) is 6.92 Å². The van der Waals surface area contributed by atoms with Gasteiger partial charge in [-0.3, -0.25) is 4.79 Å². The van der Waals surface area contributed by atoms with Crippen molar-refractivity contribution in [1.29, 1.82) is 0 Å². The second-order valence-corrected chi connectivity index (χ2v) is 5.27. The first-order valence-corrected chi connectivity index (χ1v) is 5.88. The number of amides is 1. The Morgan fingerprint density at radius 1 is 1.60 bits per heavy atom. The summed E-state index contributed by atoms with van der Waals surface area (Å²) in [6.45, 7) is 4.62. The van der Waals surface area contributed by atoms with Crippen molar-refractivity contribution in [3.63, 3.8) is 0 Å². The summed E-state index contributed by atoms with van der Waals surface area (Å²) in [7, 11) is 1.79. The highest BCUT2D eigenvalue weighted by Crippen LogP contribution is 2.10. The molecule has 0 aliphatic carbocycles. The highest BCUT2D eigenvalue weighted by atomic mass is 79.9. The van der Waals surface area contributed by atoms with Crippen molar-refractivity contribution in [3.05, 3.63) is 23.7 Å². The fourth-order valence-corrected chi connectivity index (χ4v) is 1.42. The van der Waals surface area contributed by atoms with Crippen molar-refractivity contribution in [2.45, 2.75) is 25.1 Å². The fourth-order valence-electron chi connectivity index (χ4n) is 1.21. The van der Waals surface area contributed by atoms with E-state index in [0.717, 1.165) is 18.7 Å². The summed E-state index contributed by atoms with van der Waals surface area (Å²) < 4.78 is 5.27. The van der Waals surface area contributed by atoms with E-state index in [2.05, 4.69) is 22.9 Å². The van der Waals surface area contributed by atoms with Gasteiger partial charge in [0.1, 0.15) is 5.76 Å². The molecule has 0 spiro atoms. The summed E-state index contributed by atoms with van der Waals surface area (Å²) in [5, 5.41) is 0. The van der Waals surface area contributed by atoms with Gasteiger partial charge >= 0.3 is 0 Å². The third-order valence-corrected chi connectivity index (χ3v) is 2.62. The first kappa shape index (κ1) is 12.3. The molecule has 1 aromatic rings. The van der Waals surface area contributed by atoms with Gasteiger partial charge in [0.05, 0.1) is 0 Å². The van der Waals surface area contributed by atoms with E-state index in [4.69, 9.17) is 4.42 Å². The monoisotopic (exact) mass is 273 g/mol. The Morgan fingerprint density at radius 3 is 2.73 bits per heavy atom. The van der Waals surface area contributed by atoms with Gasteiger partial charge in [-0.25, -0.2) is 0 Å². The Labute approximate surface area is 98.6 Å². The molecule has 0 N–H and O–H groups in total. The summed E-state index contributed by atoms with van der Waals surface area (Å²) in [5.41, 5.74) is 0. The minimum atomic E-state index is -0.0590. The van der Waals surface area contributed by atoms with E-state index < -0.39 is 0 Å². The van der Waals surface area contributed by atoms with Crippen LogP contribution in [0.4, 0.5) is 0 Å². The van der Waals surface area contributed by atoms with Crippen LogP contribution in [0.5, 0.6) is 0 Å². The van der Waals surface area contributed by atoms with Crippen LogP contribution in [0.2, 0.25) is 0 Å². The Balaban J connectivity index is 2.53. The largest absolute Gasteiger partial charge is 0.456 e. The van der Waals surface area contributed by atoms with Gasteiger partial charge in [-0.15, -0.1) is 0 Å². The molecule has 1 amide bonds. The number of nitrogens with zero attached hydrogens (tertiary/aromatic N) is 1. The molecule has 1 unspecified atom stereocenters. The molecule has 0 bridgehead atoms. The summed E-state index contributed by atoms with van der Waals surface area (Å²) in [6.07, 6.45) is 0.932. The molecule has 0 aliphatic rings. The Hall–Kier alpha value is -0.770. The zero-order chi connectivity index (χ0) is 11.4. The number of alkyl halides is 1. The van der Waals surface area contributed by atoms with Gasteiger partial charge < -0.3 is 9.32 Å². The zero-order valence-corrected chi connectivity index (χ0v) is 10.9. The smallest absolute Gasteiger partial charge is 0.289 e. The minimum Gasteiger partial charge on any atom is -0.456 e. The van der Waals surface area contributed by atoms with Crippen molar-refractivity contribution >= 4 is 21.8 Å². The van der Waals surface area contributed by atoms with Gasteiger partial charge in [-0.2, -0.15) is 0 Å². The summed E-state index contributed by atoms with van der Waals surface area (Å²) >= 11 is 3.45. The summed E-state index contributed by atoms with van der Waals surface area (Å²) in [6, 6.07) is 3.51. The van der Waals surface area contributed by atoms with Crippen molar-refractivity contribution in [3.8, 4) is 0 Å². The molecule has 0 aliphatic heterocycles. The van der Waals surface area contributed by atoms with Crippen LogP contribution < -0.4 is 0 Å². The van der Waals surface area contributed by atoms with Crippen molar-refractivity contribution in [2.24, 2.45) is 0 Å². The molecule has 0 radical (unpaired) electrons. The van der Waals surface area contributed by atoms with E-state index in [1.54, 1.807) is 24.1 Å². The molecule has 0 saturated carbocycles. The van der Waals surface area contributed by atoms with Crippen molar-refractivity contribution in [2.75, 3.05) is 13.6 Å². The van der Waals surface area contributed by atoms with Crippen LogP contribution in [0.3, 0.4) is 0 Å². The number of furan rings is 1. The molecule has 84 valence electrons. The van der Waals surface area contributed by atoms with Crippen LogP contribution in [-0.4, -0.2) is 29.2 Å². The highest BCUT2D eigenvalue weighted by Gasteiger charge is 2.15. The number of carbonyl (C=O) groups is 1. The zero-order valence-electron chi connectivity index (χ0n) is 9.29. The number of hydrogen-bond donors (Lipinski definition) is 0. The average Bonchev–Trinajstić information content (AvgIpc) is 2.60. The van der Waals surface area contributed by atoms with Crippen molar-refractivity contribution in [1.82, 2.24) is 4.90 Å². The SMILES string of the molecule is Cc1ccc(C(=O)N(C)CCC(C)Br)o1. The van der Waals surface area contributed by atoms with Crippen LogP contribution in [0, 0.1) is 6.92 Å². The molecule has 3 nitrogen and oxygen atoms in total. The van der Waals surface area contributed by atoms with Gasteiger partial charge in [-0.1, -0.05) is 22.9 Å². The Morgan fingerprint density at radius 2 is 2.27 bits per heavy atom. The number of hydrogen-bond acceptors (Lipinski definition) is 2.